The van der Waals surface area contributed by atoms with Gasteiger partial charge in [0.25, 0.3) is 0 Å². The highest BCUT2D eigenvalue weighted by Crippen LogP contribution is 2.26. The molecule has 0 radical (unpaired) electrons. The van der Waals surface area contributed by atoms with Crippen LogP contribution in [0.2, 0.25) is 0 Å². The molecule has 0 aromatic carbocycles. The molecule has 0 unspecified atom stereocenters. The van der Waals surface area contributed by atoms with Gasteiger partial charge in [0.15, 0.2) is 16.9 Å². The maximum atomic E-state index is 5.83. The molecule has 2 N–H and O–H groups in total. The Kier molecular flexibility index (Phi) is 2.86. The summed E-state index contributed by atoms with van der Waals surface area (Å²) in [6.07, 6.45) is 1.56. The molecule has 116 valence electrons. The van der Waals surface area contributed by atoms with Gasteiger partial charge in [-0.05, 0) is 26.0 Å². The molecule has 4 rings (SSSR count). The second-order valence-electron chi connectivity index (χ2n) is 5.13. The molecule has 0 saturated carbocycles. The molecule has 9 nitrogen and oxygen atoms in total. The highest BCUT2D eigenvalue weighted by Gasteiger charge is 2.19. The van der Waals surface area contributed by atoms with E-state index in [1.165, 1.54) is 0 Å². The SMILES string of the molecule is Cc1noc(C)c1Cn1nnc2c(-c3ccco3)nc(N)nc21. The molecule has 0 fully saturated rings. The van der Waals surface area contributed by atoms with Crippen LogP contribution in [0.5, 0.6) is 0 Å². The van der Waals surface area contributed by atoms with E-state index in [1.54, 1.807) is 23.1 Å². The number of hydrogen-bond donors (Lipinski definition) is 1. The monoisotopic (exact) mass is 311 g/mol. The predicted octanol–water partition coefficient (Wildman–Crippen LogP) is 1.72. The van der Waals surface area contributed by atoms with Crippen molar-refractivity contribution in [2.75, 3.05) is 5.73 Å². The summed E-state index contributed by atoms with van der Waals surface area (Å²) in [5.41, 5.74) is 9.15. The standard InChI is InChI=1S/C14H13N7O2/c1-7-9(8(2)23-19-7)6-21-13-12(18-20-21)11(16-14(15)17-13)10-4-3-5-22-10/h3-5H,6H2,1-2H3,(H2,15,16,17). The lowest BCUT2D eigenvalue weighted by atomic mass is 10.2. The Labute approximate surface area is 130 Å². The van der Waals surface area contributed by atoms with Crippen LogP contribution in [0.25, 0.3) is 22.6 Å². The molecule has 0 aliphatic heterocycles. The topological polar surface area (TPSA) is 122 Å². The Hall–Kier alpha value is -3.23. The van der Waals surface area contributed by atoms with E-state index in [4.69, 9.17) is 14.7 Å². The molecule has 9 heteroatoms. The number of anilines is 1. The number of fused-ring (bicyclic) bond motifs is 1. The lowest BCUT2D eigenvalue weighted by molar-refractivity contribution is 0.391. The van der Waals surface area contributed by atoms with E-state index in [9.17, 15) is 0 Å². The van der Waals surface area contributed by atoms with Crippen molar-refractivity contribution in [1.82, 2.24) is 30.1 Å². The first-order valence-corrected chi connectivity index (χ1v) is 6.96. The first-order valence-electron chi connectivity index (χ1n) is 6.96. The number of nitrogens with two attached hydrogens (primary N) is 1. The minimum absolute atomic E-state index is 0.131. The van der Waals surface area contributed by atoms with Crippen molar-refractivity contribution < 1.29 is 8.94 Å². The van der Waals surface area contributed by atoms with E-state index in [2.05, 4.69) is 25.4 Å². The third kappa shape index (κ3) is 2.13. The zero-order chi connectivity index (χ0) is 16.0. The molecular weight excluding hydrogens is 298 g/mol. The first-order chi connectivity index (χ1) is 11.1. The van der Waals surface area contributed by atoms with Crippen molar-refractivity contribution in [3.8, 4) is 11.5 Å². The van der Waals surface area contributed by atoms with Crippen molar-refractivity contribution in [3.05, 3.63) is 35.4 Å². The predicted molar refractivity (Wildman–Crippen MR) is 80.3 cm³/mol. The summed E-state index contributed by atoms with van der Waals surface area (Å²) < 4.78 is 12.2. The van der Waals surface area contributed by atoms with Gasteiger partial charge in [0.05, 0.1) is 18.5 Å². The molecule has 0 aliphatic rings. The van der Waals surface area contributed by atoms with E-state index in [-0.39, 0.29) is 5.95 Å². The van der Waals surface area contributed by atoms with Crippen molar-refractivity contribution in [2.45, 2.75) is 20.4 Å². The minimum atomic E-state index is 0.131. The minimum Gasteiger partial charge on any atom is -0.463 e. The lowest BCUT2D eigenvalue weighted by Crippen LogP contribution is -2.06. The highest BCUT2D eigenvalue weighted by molar-refractivity contribution is 5.85. The zero-order valence-electron chi connectivity index (χ0n) is 12.5. The third-order valence-electron chi connectivity index (χ3n) is 3.62. The second-order valence-corrected chi connectivity index (χ2v) is 5.13. The van der Waals surface area contributed by atoms with E-state index in [0.717, 1.165) is 17.0 Å². The molecule has 0 spiro atoms. The van der Waals surface area contributed by atoms with E-state index >= 15 is 0 Å². The van der Waals surface area contributed by atoms with Gasteiger partial charge in [0.2, 0.25) is 5.95 Å². The average Bonchev–Trinajstić information content (AvgIpc) is 3.24. The van der Waals surface area contributed by atoms with E-state index in [1.807, 2.05) is 13.8 Å². The number of nitrogens with zero attached hydrogens (tertiary/aromatic N) is 6. The third-order valence-corrected chi connectivity index (χ3v) is 3.62. The van der Waals surface area contributed by atoms with Crippen molar-refractivity contribution in [1.29, 1.82) is 0 Å². The fourth-order valence-corrected chi connectivity index (χ4v) is 2.44. The van der Waals surface area contributed by atoms with Crippen molar-refractivity contribution >= 4 is 17.1 Å². The fraction of sp³-hybridized carbons (Fsp3) is 0.214. The van der Waals surface area contributed by atoms with E-state index < -0.39 is 0 Å². The summed E-state index contributed by atoms with van der Waals surface area (Å²) >= 11 is 0. The molecule has 4 heterocycles. The quantitative estimate of drug-likeness (QED) is 0.607. The van der Waals surface area contributed by atoms with Gasteiger partial charge in [-0.1, -0.05) is 10.4 Å². The van der Waals surface area contributed by atoms with Crippen LogP contribution in [-0.2, 0) is 6.54 Å². The number of furan rings is 1. The largest absolute Gasteiger partial charge is 0.463 e. The van der Waals surface area contributed by atoms with Crippen LogP contribution in [0.15, 0.2) is 27.3 Å². The van der Waals surface area contributed by atoms with Crippen LogP contribution in [0.4, 0.5) is 5.95 Å². The summed E-state index contributed by atoms with van der Waals surface area (Å²) in [5, 5.41) is 12.3. The van der Waals surface area contributed by atoms with Crippen LogP contribution in [0.1, 0.15) is 17.0 Å². The molecule has 0 aliphatic carbocycles. The lowest BCUT2D eigenvalue weighted by Gasteiger charge is -2.03. The van der Waals surface area contributed by atoms with Gasteiger partial charge < -0.3 is 14.7 Å². The summed E-state index contributed by atoms with van der Waals surface area (Å²) in [4.78, 5) is 8.47. The zero-order valence-corrected chi connectivity index (χ0v) is 12.5. The number of aryl methyl sites for hydroxylation is 2. The van der Waals surface area contributed by atoms with Gasteiger partial charge in [-0.25, -0.2) is 9.67 Å². The Morgan fingerprint density at radius 2 is 2.13 bits per heavy atom. The van der Waals surface area contributed by atoms with Crippen LogP contribution in [0, 0.1) is 13.8 Å². The fourth-order valence-electron chi connectivity index (χ4n) is 2.44. The molecule has 0 bridgehead atoms. The summed E-state index contributed by atoms with van der Waals surface area (Å²) in [6, 6.07) is 3.56. The Morgan fingerprint density at radius 1 is 1.26 bits per heavy atom. The van der Waals surface area contributed by atoms with Gasteiger partial charge in [-0.15, -0.1) is 5.10 Å². The summed E-state index contributed by atoms with van der Waals surface area (Å²) in [7, 11) is 0. The van der Waals surface area contributed by atoms with Gasteiger partial charge in [-0.2, -0.15) is 4.98 Å². The van der Waals surface area contributed by atoms with Gasteiger partial charge >= 0.3 is 0 Å². The molecule has 23 heavy (non-hydrogen) atoms. The average molecular weight is 311 g/mol. The second kappa shape index (κ2) is 4.90. The number of aromatic nitrogens is 6. The number of nitrogen functional groups attached to an aromatic ring is 1. The molecule has 4 aromatic rings. The van der Waals surface area contributed by atoms with Crippen LogP contribution < -0.4 is 5.73 Å². The van der Waals surface area contributed by atoms with Crippen LogP contribution in [0.3, 0.4) is 0 Å². The molecular formula is C14H13N7O2. The molecule has 0 atom stereocenters. The highest BCUT2D eigenvalue weighted by atomic mass is 16.5. The van der Waals surface area contributed by atoms with Crippen LogP contribution in [-0.4, -0.2) is 30.1 Å². The maximum absolute atomic E-state index is 5.83. The van der Waals surface area contributed by atoms with Crippen molar-refractivity contribution in [3.63, 3.8) is 0 Å². The number of hydrogen-bond acceptors (Lipinski definition) is 8. The summed E-state index contributed by atoms with van der Waals surface area (Å²) in [5.74, 6) is 1.43. The van der Waals surface area contributed by atoms with Gasteiger partial charge in [-0.3, -0.25) is 0 Å². The Morgan fingerprint density at radius 3 is 2.83 bits per heavy atom. The molecule has 4 aromatic heterocycles. The first kappa shape index (κ1) is 13.4. The van der Waals surface area contributed by atoms with Gasteiger partial charge in [0.1, 0.15) is 11.5 Å². The van der Waals surface area contributed by atoms with Gasteiger partial charge in [0, 0.05) is 5.56 Å². The summed E-state index contributed by atoms with van der Waals surface area (Å²) in [6.45, 7) is 4.17. The molecule has 0 amide bonds. The Bertz CT molecular complexity index is 965. The normalized spacial score (nSPS) is 11.4. The Balaban J connectivity index is 1.87. The van der Waals surface area contributed by atoms with Crippen LogP contribution >= 0.6 is 0 Å². The smallest absolute Gasteiger partial charge is 0.222 e. The number of rotatable bonds is 3. The molecule has 0 saturated heterocycles. The van der Waals surface area contributed by atoms with Crippen molar-refractivity contribution in [2.24, 2.45) is 0 Å². The van der Waals surface area contributed by atoms with E-state index in [0.29, 0.717) is 29.2 Å². The maximum Gasteiger partial charge on any atom is 0.222 e.